The first-order valence-corrected chi connectivity index (χ1v) is 24.7. The molecule has 0 spiro atoms. The molecule has 2 unspecified atom stereocenters. The maximum atomic E-state index is 12.4. The van der Waals surface area contributed by atoms with E-state index in [4.69, 9.17) is 0 Å². The maximum absolute atomic E-state index is 12.4. The molecule has 0 bridgehead atoms. The highest BCUT2D eigenvalue weighted by molar-refractivity contribution is 5.76. The van der Waals surface area contributed by atoms with Crippen molar-refractivity contribution >= 4 is 5.91 Å². The third-order valence-electron chi connectivity index (χ3n) is 10.9. The molecule has 0 fully saturated rings. The Hall–Kier alpha value is -2.17. The molecule has 0 aromatic rings. The summed E-state index contributed by atoms with van der Waals surface area (Å²) in [5.74, 6) is -0.0745. The highest BCUT2D eigenvalue weighted by Crippen LogP contribution is 2.15. The number of carbonyl (C=O) groups is 1. The summed E-state index contributed by atoms with van der Waals surface area (Å²) in [5, 5.41) is 23.0. The molecule has 0 saturated heterocycles. The fourth-order valence-electron chi connectivity index (χ4n) is 7.19. The monoisotopic (exact) mass is 794 g/mol. The summed E-state index contributed by atoms with van der Waals surface area (Å²) >= 11 is 0. The van der Waals surface area contributed by atoms with E-state index in [1.807, 2.05) is 6.08 Å². The van der Waals surface area contributed by atoms with E-state index in [-0.39, 0.29) is 12.5 Å². The summed E-state index contributed by atoms with van der Waals surface area (Å²) in [7, 11) is 0. The van der Waals surface area contributed by atoms with Gasteiger partial charge in [-0.25, -0.2) is 0 Å². The van der Waals surface area contributed by atoms with Gasteiger partial charge in [-0.1, -0.05) is 234 Å². The molecular weight excluding hydrogens is 699 g/mol. The largest absolute Gasteiger partial charge is 0.394 e. The minimum absolute atomic E-state index is 0.0745. The van der Waals surface area contributed by atoms with Crippen molar-refractivity contribution in [1.82, 2.24) is 5.32 Å². The van der Waals surface area contributed by atoms with E-state index in [9.17, 15) is 15.0 Å². The van der Waals surface area contributed by atoms with Crippen molar-refractivity contribution in [2.75, 3.05) is 6.61 Å². The first kappa shape index (κ1) is 54.8. The van der Waals surface area contributed by atoms with Crippen molar-refractivity contribution in [3.63, 3.8) is 0 Å². The lowest BCUT2D eigenvalue weighted by atomic mass is 10.0. The van der Waals surface area contributed by atoms with E-state index in [1.165, 1.54) is 161 Å². The van der Waals surface area contributed by atoms with E-state index in [0.717, 1.165) is 57.8 Å². The summed E-state index contributed by atoms with van der Waals surface area (Å²) in [6.45, 7) is 4.18. The van der Waals surface area contributed by atoms with Gasteiger partial charge in [0.25, 0.3) is 0 Å². The normalized spacial score (nSPS) is 13.5. The Kier molecular flexibility index (Phi) is 46.4. The lowest BCUT2D eigenvalue weighted by Crippen LogP contribution is -2.45. The molecule has 2 atom stereocenters. The molecule has 57 heavy (non-hydrogen) atoms. The van der Waals surface area contributed by atoms with Gasteiger partial charge in [0.05, 0.1) is 18.8 Å². The van der Waals surface area contributed by atoms with Crippen molar-refractivity contribution in [2.45, 2.75) is 251 Å². The van der Waals surface area contributed by atoms with Crippen molar-refractivity contribution in [3.8, 4) is 0 Å². The smallest absolute Gasteiger partial charge is 0.220 e. The van der Waals surface area contributed by atoms with Gasteiger partial charge < -0.3 is 15.5 Å². The Morgan fingerprint density at radius 2 is 0.789 bits per heavy atom. The van der Waals surface area contributed by atoms with E-state index >= 15 is 0 Å². The third-order valence-corrected chi connectivity index (χ3v) is 10.9. The predicted molar refractivity (Wildman–Crippen MR) is 253 cm³/mol. The first-order chi connectivity index (χ1) is 28.2. The summed E-state index contributed by atoms with van der Waals surface area (Å²) in [6.07, 6.45) is 69.0. The second-order valence-electron chi connectivity index (χ2n) is 16.5. The van der Waals surface area contributed by atoms with Crippen molar-refractivity contribution in [2.24, 2.45) is 0 Å². The van der Waals surface area contributed by atoms with Crippen LogP contribution in [0, 0.1) is 0 Å². The van der Waals surface area contributed by atoms with Crippen molar-refractivity contribution in [3.05, 3.63) is 72.9 Å². The van der Waals surface area contributed by atoms with Crippen LogP contribution in [0.5, 0.6) is 0 Å². The lowest BCUT2D eigenvalue weighted by molar-refractivity contribution is -0.123. The zero-order chi connectivity index (χ0) is 41.4. The second-order valence-corrected chi connectivity index (χ2v) is 16.5. The van der Waals surface area contributed by atoms with Gasteiger partial charge in [-0.2, -0.15) is 0 Å². The van der Waals surface area contributed by atoms with Gasteiger partial charge in [0, 0.05) is 6.42 Å². The van der Waals surface area contributed by atoms with Crippen LogP contribution in [-0.4, -0.2) is 34.9 Å². The molecule has 4 nitrogen and oxygen atoms in total. The predicted octanol–water partition coefficient (Wildman–Crippen LogP) is 15.9. The van der Waals surface area contributed by atoms with Gasteiger partial charge in [0.2, 0.25) is 5.91 Å². The zero-order valence-electron chi connectivity index (χ0n) is 37.8. The summed E-state index contributed by atoms with van der Waals surface area (Å²) in [4.78, 5) is 12.4. The Bertz CT molecular complexity index is 992. The van der Waals surface area contributed by atoms with E-state index in [1.54, 1.807) is 6.08 Å². The van der Waals surface area contributed by atoms with Gasteiger partial charge in [0.15, 0.2) is 0 Å². The lowest BCUT2D eigenvalue weighted by Gasteiger charge is -2.19. The zero-order valence-corrected chi connectivity index (χ0v) is 37.8. The number of allylic oxidation sites excluding steroid dienone is 11. The third kappa shape index (κ3) is 44.8. The van der Waals surface area contributed by atoms with Gasteiger partial charge in [-0.15, -0.1) is 0 Å². The van der Waals surface area contributed by atoms with Crippen LogP contribution in [0.2, 0.25) is 0 Å². The summed E-state index contributed by atoms with van der Waals surface area (Å²) < 4.78 is 0. The molecule has 330 valence electrons. The fraction of sp³-hybridized carbons (Fsp3) is 0.755. The quantitative estimate of drug-likeness (QED) is 0.0425. The van der Waals surface area contributed by atoms with Gasteiger partial charge in [-0.3, -0.25) is 4.79 Å². The van der Waals surface area contributed by atoms with E-state index in [2.05, 4.69) is 79.9 Å². The number of nitrogens with one attached hydrogen (secondary N) is 1. The number of hydrogen-bond acceptors (Lipinski definition) is 3. The SMILES string of the molecule is CC/C=C\C/C=C\C/C=C\C/C=C\CCCCCCCCCCCCCCCCCCCCC(=O)NC(CO)C(O)/C=C/CC/C=C/CCCCCCCCCC. The highest BCUT2D eigenvalue weighted by Gasteiger charge is 2.17. The molecule has 0 aliphatic heterocycles. The average molecular weight is 794 g/mol. The molecule has 0 aromatic heterocycles. The number of rotatable bonds is 44. The minimum atomic E-state index is -0.862. The number of carbonyl (C=O) groups excluding carboxylic acids is 1. The molecular formula is C53H95NO3. The van der Waals surface area contributed by atoms with Gasteiger partial charge in [-0.05, 0) is 70.6 Å². The Morgan fingerprint density at radius 3 is 1.23 bits per heavy atom. The summed E-state index contributed by atoms with van der Waals surface area (Å²) in [5.41, 5.74) is 0. The molecule has 0 aromatic carbocycles. The maximum Gasteiger partial charge on any atom is 0.220 e. The second kappa shape index (κ2) is 48.2. The van der Waals surface area contributed by atoms with Crippen LogP contribution in [-0.2, 0) is 4.79 Å². The molecule has 0 heterocycles. The van der Waals surface area contributed by atoms with Crippen LogP contribution in [0.1, 0.15) is 239 Å². The van der Waals surface area contributed by atoms with Crippen LogP contribution >= 0.6 is 0 Å². The molecule has 0 aliphatic rings. The van der Waals surface area contributed by atoms with Gasteiger partial charge in [0.1, 0.15) is 0 Å². The Balaban J connectivity index is 3.51. The first-order valence-electron chi connectivity index (χ1n) is 24.7. The van der Waals surface area contributed by atoms with Crippen molar-refractivity contribution < 1.29 is 15.0 Å². The van der Waals surface area contributed by atoms with Crippen LogP contribution in [0.3, 0.4) is 0 Å². The number of hydrogen-bond donors (Lipinski definition) is 3. The van der Waals surface area contributed by atoms with Crippen LogP contribution in [0.4, 0.5) is 0 Å². The van der Waals surface area contributed by atoms with E-state index < -0.39 is 12.1 Å². The number of unbranched alkanes of at least 4 members (excludes halogenated alkanes) is 27. The Morgan fingerprint density at radius 1 is 0.439 bits per heavy atom. The molecule has 0 rings (SSSR count). The van der Waals surface area contributed by atoms with Crippen molar-refractivity contribution in [1.29, 1.82) is 0 Å². The van der Waals surface area contributed by atoms with E-state index in [0.29, 0.717) is 6.42 Å². The standard InChI is InChI=1S/C53H95NO3/c1-3-5-7-9-11-13-15-17-19-20-21-22-23-24-25-26-27-28-29-30-31-32-33-34-35-37-39-41-43-45-47-49-53(57)54-51(50-55)52(56)48-46-44-42-40-38-36-18-16-14-12-10-8-6-4-2/h5,7,11,13,17,19,21-22,38,40,46,48,51-52,55-56H,3-4,6,8-10,12,14-16,18,20,23-37,39,41-45,47,49-50H2,1-2H3,(H,54,57)/b7-5-,13-11-,19-17-,22-21-,40-38+,48-46+. The number of amides is 1. The number of aliphatic hydroxyl groups excluding tert-OH is 2. The fourth-order valence-corrected chi connectivity index (χ4v) is 7.19. The molecule has 0 radical (unpaired) electrons. The molecule has 0 aliphatic carbocycles. The van der Waals surface area contributed by atoms with Crippen LogP contribution in [0.15, 0.2) is 72.9 Å². The minimum Gasteiger partial charge on any atom is -0.394 e. The molecule has 4 heteroatoms. The molecule has 3 N–H and O–H groups in total. The van der Waals surface area contributed by atoms with Gasteiger partial charge >= 0.3 is 0 Å². The van der Waals surface area contributed by atoms with Crippen LogP contribution < -0.4 is 5.32 Å². The average Bonchev–Trinajstić information content (AvgIpc) is 3.22. The topological polar surface area (TPSA) is 69.6 Å². The summed E-state index contributed by atoms with van der Waals surface area (Å²) in [6, 6.07) is -0.640. The highest BCUT2D eigenvalue weighted by atomic mass is 16.3. The van der Waals surface area contributed by atoms with Crippen LogP contribution in [0.25, 0.3) is 0 Å². The molecule has 1 amide bonds. The Labute approximate surface area is 355 Å². The molecule has 0 saturated carbocycles. The number of aliphatic hydroxyl groups is 2.